The maximum absolute atomic E-state index is 12.8. The van der Waals surface area contributed by atoms with Gasteiger partial charge in [-0.15, -0.1) is 10.2 Å². The molecule has 4 N–H and O–H groups in total. The van der Waals surface area contributed by atoms with Gasteiger partial charge in [-0.25, -0.2) is 0 Å². The predicted molar refractivity (Wildman–Crippen MR) is 85.7 cm³/mol. The van der Waals surface area contributed by atoms with E-state index in [-0.39, 0.29) is 30.5 Å². The lowest BCUT2D eigenvalue weighted by Crippen LogP contribution is -2.47. The zero-order valence-electron chi connectivity index (χ0n) is 14.2. The van der Waals surface area contributed by atoms with Gasteiger partial charge in [0.1, 0.15) is 0 Å². The minimum atomic E-state index is -4.50. The van der Waals surface area contributed by atoms with E-state index in [0.29, 0.717) is 0 Å². The van der Waals surface area contributed by atoms with Crippen LogP contribution >= 0.6 is 0 Å². The molecule has 8 nitrogen and oxygen atoms in total. The lowest BCUT2D eigenvalue weighted by Gasteiger charge is -2.15. The molecule has 0 aliphatic carbocycles. The maximum atomic E-state index is 12.8. The fraction of sp³-hybridized carbons (Fsp3) is 0.467. The van der Waals surface area contributed by atoms with Gasteiger partial charge in [-0.2, -0.15) is 13.2 Å². The van der Waals surface area contributed by atoms with Crippen LogP contribution in [0.3, 0.4) is 0 Å². The van der Waals surface area contributed by atoms with Crippen molar-refractivity contribution in [2.24, 2.45) is 11.7 Å². The first-order valence-corrected chi connectivity index (χ1v) is 7.80. The number of nitrogens with two attached hydrogens (primary N) is 1. The van der Waals surface area contributed by atoms with Gasteiger partial charge >= 0.3 is 6.18 Å². The minimum absolute atomic E-state index is 0.0803. The zero-order valence-corrected chi connectivity index (χ0v) is 14.2. The summed E-state index contributed by atoms with van der Waals surface area (Å²) in [6.45, 7) is 3.10. The number of hydrogen-bond acceptors (Lipinski definition) is 5. The van der Waals surface area contributed by atoms with Crippen molar-refractivity contribution in [2.45, 2.75) is 32.6 Å². The number of aromatic nitrogens is 3. The first-order chi connectivity index (χ1) is 12.1. The molecule has 0 fully saturated rings. The van der Waals surface area contributed by atoms with Crippen molar-refractivity contribution in [1.82, 2.24) is 25.2 Å². The third-order valence-corrected chi connectivity index (χ3v) is 3.69. The smallest absolute Gasteiger partial charge is 0.347 e. The van der Waals surface area contributed by atoms with Gasteiger partial charge in [-0.1, -0.05) is 13.8 Å². The van der Waals surface area contributed by atoms with Gasteiger partial charge in [0, 0.05) is 6.20 Å². The van der Waals surface area contributed by atoms with Gasteiger partial charge in [-0.05, 0) is 18.1 Å². The van der Waals surface area contributed by atoms with Crippen molar-refractivity contribution in [3.8, 4) is 0 Å². The number of rotatable bonds is 6. The first kappa shape index (κ1) is 19.6. The lowest BCUT2D eigenvalue weighted by molar-refractivity contribution is -0.137. The topological polar surface area (TPSA) is 114 Å². The molecule has 0 radical (unpaired) electrons. The Bertz CT molecular complexity index is 802. The number of pyridine rings is 1. The Morgan fingerprint density at radius 1 is 1.23 bits per heavy atom. The van der Waals surface area contributed by atoms with Gasteiger partial charge < -0.3 is 16.4 Å². The van der Waals surface area contributed by atoms with Gasteiger partial charge in [0.15, 0.2) is 11.5 Å². The average Bonchev–Trinajstić information content (AvgIpc) is 2.98. The second-order valence-electron chi connectivity index (χ2n) is 6.02. The molecule has 2 heterocycles. The summed E-state index contributed by atoms with van der Waals surface area (Å²) >= 11 is 0. The van der Waals surface area contributed by atoms with E-state index in [2.05, 4.69) is 20.8 Å². The Kier molecular flexibility index (Phi) is 5.80. The van der Waals surface area contributed by atoms with E-state index < -0.39 is 29.6 Å². The molecule has 0 saturated heterocycles. The third kappa shape index (κ3) is 4.69. The lowest BCUT2D eigenvalue weighted by atomic mass is 10.1. The van der Waals surface area contributed by atoms with Crippen molar-refractivity contribution < 1.29 is 22.8 Å². The number of alkyl halides is 3. The first-order valence-electron chi connectivity index (χ1n) is 7.80. The summed E-state index contributed by atoms with van der Waals surface area (Å²) in [4.78, 5) is 23.5. The number of halogens is 3. The fourth-order valence-electron chi connectivity index (χ4n) is 2.05. The van der Waals surface area contributed by atoms with Crippen LogP contribution in [-0.2, 0) is 22.3 Å². The van der Waals surface area contributed by atoms with Gasteiger partial charge in [-0.3, -0.25) is 14.0 Å². The SMILES string of the molecule is CC(C)[C@H](N)C(=O)NCC(=O)NCc1nnc2ccc(C(F)(F)F)cn12. The van der Waals surface area contributed by atoms with Crippen LogP contribution in [0.1, 0.15) is 25.2 Å². The highest BCUT2D eigenvalue weighted by atomic mass is 19.4. The van der Waals surface area contributed by atoms with Crippen LogP contribution in [-0.4, -0.2) is 39.0 Å². The number of nitrogens with one attached hydrogen (secondary N) is 2. The Hall–Kier alpha value is -2.69. The van der Waals surface area contributed by atoms with E-state index in [1.165, 1.54) is 6.07 Å². The van der Waals surface area contributed by atoms with Crippen molar-refractivity contribution in [2.75, 3.05) is 6.54 Å². The van der Waals surface area contributed by atoms with Crippen LogP contribution in [0.4, 0.5) is 13.2 Å². The highest BCUT2D eigenvalue weighted by Crippen LogP contribution is 2.29. The molecule has 0 aromatic carbocycles. The van der Waals surface area contributed by atoms with E-state index in [0.717, 1.165) is 16.7 Å². The molecule has 2 aromatic rings. The van der Waals surface area contributed by atoms with E-state index in [1.54, 1.807) is 13.8 Å². The summed E-state index contributed by atoms with van der Waals surface area (Å²) in [5.41, 5.74) is 5.02. The van der Waals surface area contributed by atoms with Crippen molar-refractivity contribution in [1.29, 1.82) is 0 Å². The molecule has 26 heavy (non-hydrogen) atoms. The van der Waals surface area contributed by atoms with Crippen molar-refractivity contribution in [3.05, 3.63) is 29.7 Å². The Balaban J connectivity index is 1.97. The molecule has 2 aromatic heterocycles. The Labute approximate surface area is 147 Å². The number of hydrogen-bond donors (Lipinski definition) is 3. The van der Waals surface area contributed by atoms with E-state index >= 15 is 0 Å². The zero-order chi connectivity index (χ0) is 19.5. The largest absolute Gasteiger partial charge is 0.417 e. The standard InChI is InChI=1S/C15H19F3N6O2/c1-8(2)13(19)14(26)21-6-12(25)20-5-11-23-22-10-4-3-9(7-24(10)11)15(16,17)18/h3-4,7-8,13H,5-6,19H2,1-2H3,(H,20,25)(H,21,26)/t13-/m0/s1. The van der Waals surface area contributed by atoms with Crippen molar-refractivity contribution in [3.63, 3.8) is 0 Å². The molecule has 0 spiro atoms. The van der Waals surface area contributed by atoms with Crippen LogP contribution in [0.15, 0.2) is 18.3 Å². The van der Waals surface area contributed by atoms with Crippen LogP contribution in [0, 0.1) is 5.92 Å². The van der Waals surface area contributed by atoms with Crippen LogP contribution in [0.5, 0.6) is 0 Å². The van der Waals surface area contributed by atoms with Crippen LogP contribution in [0.2, 0.25) is 0 Å². The van der Waals surface area contributed by atoms with E-state index in [4.69, 9.17) is 5.73 Å². The summed E-state index contributed by atoms with van der Waals surface area (Å²) in [6.07, 6.45) is -3.64. The van der Waals surface area contributed by atoms with E-state index in [1.807, 2.05) is 0 Å². The molecular formula is C15H19F3N6O2. The maximum Gasteiger partial charge on any atom is 0.417 e. The molecule has 2 rings (SSSR count). The Morgan fingerprint density at radius 3 is 2.54 bits per heavy atom. The Morgan fingerprint density at radius 2 is 1.92 bits per heavy atom. The number of carbonyl (C=O) groups excluding carboxylic acids is 2. The molecule has 2 amide bonds. The number of fused-ring (bicyclic) bond motifs is 1. The van der Waals surface area contributed by atoms with Gasteiger partial charge in [0.2, 0.25) is 11.8 Å². The minimum Gasteiger partial charge on any atom is -0.347 e. The highest BCUT2D eigenvalue weighted by molar-refractivity contribution is 5.87. The fourth-order valence-corrected chi connectivity index (χ4v) is 2.05. The number of nitrogens with zero attached hydrogens (tertiary/aromatic N) is 3. The normalized spacial score (nSPS) is 13.0. The summed E-state index contributed by atoms with van der Waals surface area (Å²) in [5.74, 6) is -0.941. The van der Waals surface area contributed by atoms with E-state index in [9.17, 15) is 22.8 Å². The second-order valence-corrected chi connectivity index (χ2v) is 6.02. The predicted octanol–water partition coefficient (Wildman–Crippen LogP) is 0.464. The summed E-state index contributed by atoms with van der Waals surface area (Å²) in [7, 11) is 0. The summed E-state index contributed by atoms with van der Waals surface area (Å²) < 4.78 is 39.5. The summed E-state index contributed by atoms with van der Waals surface area (Å²) in [5, 5.41) is 12.4. The molecule has 142 valence electrons. The molecule has 0 aliphatic rings. The highest BCUT2D eigenvalue weighted by Gasteiger charge is 2.31. The van der Waals surface area contributed by atoms with Crippen molar-refractivity contribution >= 4 is 17.5 Å². The molecule has 0 saturated carbocycles. The second kappa shape index (κ2) is 7.68. The number of carbonyl (C=O) groups is 2. The molecule has 0 unspecified atom stereocenters. The molecule has 0 aliphatic heterocycles. The average molecular weight is 372 g/mol. The third-order valence-electron chi connectivity index (χ3n) is 3.69. The molecule has 11 heteroatoms. The molecule has 1 atom stereocenters. The quantitative estimate of drug-likeness (QED) is 0.682. The summed E-state index contributed by atoms with van der Waals surface area (Å²) in [6, 6.07) is 1.36. The van der Waals surface area contributed by atoms with Gasteiger partial charge in [0.25, 0.3) is 0 Å². The van der Waals surface area contributed by atoms with Gasteiger partial charge in [0.05, 0.1) is 24.7 Å². The van der Waals surface area contributed by atoms with Crippen LogP contribution < -0.4 is 16.4 Å². The monoisotopic (exact) mass is 372 g/mol. The van der Waals surface area contributed by atoms with Crippen LogP contribution in [0.25, 0.3) is 5.65 Å². The molecular weight excluding hydrogens is 353 g/mol. The number of amides is 2. The molecule has 0 bridgehead atoms.